The minimum atomic E-state index is -0.996. The summed E-state index contributed by atoms with van der Waals surface area (Å²) in [6.45, 7) is 2.72. The third-order valence-electron chi connectivity index (χ3n) is 3.00. The fraction of sp³-hybridized carbons (Fsp3) is 0.385. The van der Waals surface area contributed by atoms with Crippen LogP contribution in [-0.2, 0) is 11.3 Å². The fourth-order valence-corrected chi connectivity index (χ4v) is 1.75. The average Bonchev–Trinajstić information content (AvgIpc) is 3.13. The number of nitrogens with zero attached hydrogens (tertiary/aromatic N) is 4. The number of hydrogen-bond donors (Lipinski definition) is 2. The van der Waals surface area contributed by atoms with E-state index >= 15 is 0 Å². The van der Waals surface area contributed by atoms with Crippen molar-refractivity contribution in [2.24, 2.45) is 0 Å². The van der Waals surface area contributed by atoms with Gasteiger partial charge in [-0.25, -0.2) is 4.79 Å². The highest BCUT2D eigenvalue weighted by molar-refractivity contribution is 5.92. The molecule has 0 spiro atoms. The van der Waals surface area contributed by atoms with E-state index in [2.05, 4.69) is 15.5 Å². The van der Waals surface area contributed by atoms with Crippen molar-refractivity contribution in [2.45, 2.75) is 25.9 Å². The topological polar surface area (TPSA) is 102 Å². The summed E-state index contributed by atoms with van der Waals surface area (Å²) in [4.78, 5) is 22.7. The summed E-state index contributed by atoms with van der Waals surface area (Å²) in [5, 5.41) is 19.6. The van der Waals surface area contributed by atoms with E-state index in [1.807, 2.05) is 12.3 Å². The minimum absolute atomic E-state index is 0.210. The molecule has 1 atom stereocenters. The van der Waals surface area contributed by atoms with Crippen LogP contribution in [0.5, 0.6) is 0 Å². The lowest BCUT2D eigenvalue weighted by Crippen LogP contribution is -2.26. The molecule has 0 saturated heterocycles. The number of nitrogens with one attached hydrogen (secondary N) is 1. The third-order valence-corrected chi connectivity index (χ3v) is 3.00. The van der Waals surface area contributed by atoms with Crippen molar-refractivity contribution in [1.82, 2.24) is 24.9 Å². The van der Waals surface area contributed by atoms with Gasteiger partial charge in [-0.15, -0.1) is 0 Å². The summed E-state index contributed by atoms with van der Waals surface area (Å²) in [7, 11) is 0. The van der Waals surface area contributed by atoms with Crippen LogP contribution < -0.4 is 5.32 Å². The average molecular weight is 291 g/mol. The maximum absolute atomic E-state index is 11.9. The predicted molar refractivity (Wildman–Crippen MR) is 73.8 cm³/mol. The normalized spacial score (nSPS) is 12.0. The van der Waals surface area contributed by atoms with Gasteiger partial charge in [0.2, 0.25) is 0 Å². The number of rotatable bonds is 7. The Kier molecular flexibility index (Phi) is 4.70. The SMILES string of the molecule is CC(C(=O)O)n1ccc(C(=O)NCCCn2cccn2)n1. The number of hydrogen-bond acceptors (Lipinski definition) is 4. The van der Waals surface area contributed by atoms with Gasteiger partial charge in [0.05, 0.1) is 0 Å². The number of aromatic nitrogens is 4. The number of aryl methyl sites for hydroxylation is 1. The van der Waals surface area contributed by atoms with E-state index in [1.165, 1.54) is 23.9 Å². The van der Waals surface area contributed by atoms with Gasteiger partial charge in [0.15, 0.2) is 0 Å². The predicted octanol–water partition coefficient (Wildman–Crippen LogP) is 0.545. The molecule has 2 heterocycles. The fourth-order valence-electron chi connectivity index (χ4n) is 1.75. The first-order chi connectivity index (χ1) is 10.1. The Morgan fingerprint density at radius 1 is 1.43 bits per heavy atom. The van der Waals surface area contributed by atoms with Crippen molar-refractivity contribution in [3.63, 3.8) is 0 Å². The smallest absolute Gasteiger partial charge is 0.328 e. The van der Waals surface area contributed by atoms with Crippen molar-refractivity contribution in [2.75, 3.05) is 6.54 Å². The monoisotopic (exact) mass is 291 g/mol. The first kappa shape index (κ1) is 14.8. The Morgan fingerprint density at radius 2 is 2.24 bits per heavy atom. The van der Waals surface area contributed by atoms with Crippen LogP contribution in [0.1, 0.15) is 29.9 Å². The Morgan fingerprint density at radius 3 is 2.90 bits per heavy atom. The summed E-state index contributed by atoms with van der Waals surface area (Å²) in [5.41, 5.74) is 0.210. The quantitative estimate of drug-likeness (QED) is 0.725. The van der Waals surface area contributed by atoms with Gasteiger partial charge in [0.25, 0.3) is 5.91 Å². The van der Waals surface area contributed by atoms with Crippen molar-refractivity contribution in [3.8, 4) is 0 Å². The van der Waals surface area contributed by atoms with Gasteiger partial charge in [-0.3, -0.25) is 14.2 Å². The zero-order chi connectivity index (χ0) is 15.2. The molecular formula is C13H17N5O3. The number of carbonyl (C=O) groups is 2. The van der Waals surface area contributed by atoms with Crippen LogP contribution in [0.3, 0.4) is 0 Å². The van der Waals surface area contributed by atoms with Gasteiger partial charge in [-0.05, 0) is 25.5 Å². The largest absolute Gasteiger partial charge is 0.480 e. The molecule has 0 aliphatic carbocycles. The molecule has 8 heteroatoms. The van der Waals surface area contributed by atoms with E-state index in [4.69, 9.17) is 5.11 Å². The number of aliphatic carboxylic acids is 1. The molecular weight excluding hydrogens is 274 g/mol. The molecule has 1 unspecified atom stereocenters. The van der Waals surface area contributed by atoms with E-state index in [0.29, 0.717) is 6.54 Å². The molecule has 21 heavy (non-hydrogen) atoms. The zero-order valence-electron chi connectivity index (χ0n) is 11.6. The van der Waals surface area contributed by atoms with Crippen LogP contribution in [0.4, 0.5) is 0 Å². The second kappa shape index (κ2) is 6.69. The van der Waals surface area contributed by atoms with Crippen molar-refractivity contribution >= 4 is 11.9 Å². The molecule has 1 amide bonds. The summed E-state index contributed by atoms with van der Waals surface area (Å²) in [5.74, 6) is -1.31. The molecule has 0 radical (unpaired) electrons. The molecule has 0 aliphatic rings. The lowest BCUT2D eigenvalue weighted by molar-refractivity contribution is -0.140. The number of amides is 1. The first-order valence-corrected chi connectivity index (χ1v) is 6.61. The minimum Gasteiger partial charge on any atom is -0.480 e. The van der Waals surface area contributed by atoms with Gasteiger partial charge in [0, 0.05) is 31.7 Å². The van der Waals surface area contributed by atoms with Crippen LogP contribution in [0.2, 0.25) is 0 Å². The molecule has 2 N–H and O–H groups in total. The summed E-state index contributed by atoms with van der Waals surface area (Å²) in [6.07, 6.45) is 5.79. The highest BCUT2D eigenvalue weighted by atomic mass is 16.4. The van der Waals surface area contributed by atoms with Gasteiger partial charge in [-0.1, -0.05) is 0 Å². The van der Waals surface area contributed by atoms with Gasteiger partial charge < -0.3 is 10.4 Å². The Bertz CT molecular complexity index is 605. The molecule has 0 bridgehead atoms. The van der Waals surface area contributed by atoms with E-state index in [1.54, 1.807) is 10.9 Å². The number of carboxylic acid groups (broad SMARTS) is 1. The maximum Gasteiger partial charge on any atom is 0.328 e. The maximum atomic E-state index is 11.9. The van der Waals surface area contributed by atoms with E-state index in [9.17, 15) is 9.59 Å². The second-order valence-corrected chi connectivity index (χ2v) is 4.57. The molecule has 0 saturated carbocycles. The van der Waals surface area contributed by atoms with Crippen LogP contribution in [0.15, 0.2) is 30.7 Å². The van der Waals surface area contributed by atoms with Gasteiger partial charge in [-0.2, -0.15) is 10.2 Å². The zero-order valence-corrected chi connectivity index (χ0v) is 11.6. The van der Waals surface area contributed by atoms with Gasteiger partial charge in [0.1, 0.15) is 11.7 Å². The van der Waals surface area contributed by atoms with Crippen LogP contribution in [0, 0.1) is 0 Å². The molecule has 8 nitrogen and oxygen atoms in total. The van der Waals surface area contributed by atoms with Crippen LogP contribution in [-0.4, -0.2) is 43.1 Å². The molecule has 2 aromatic rings. The standard InChI is InChI=1S/C13H17N5O3/c1-10(13(20)21)18-9-4-11(16-18)12(19)14-5-2-7-17-8-3-6-15-17/h3-4,6,8-10H,2,5,7H2,1H3,(H,14,19)(H,20,21). The number of carboxylic acids is 1. The summed E-state index contributed by atoms with van der Waals surface area (Å²) >= 11 is 0. The lowest BCUT2D eigenvalue weighted by Gasteiger charge is -2.06. The lowest BCUT2D eigenvalue weighted by atomic mass is 10.3. The highest BCUT2D eigenvalue weighted by Gasteiger charge is 2.16. The van der Waals surface area contributed by atoms with Crippen molar-refractivity contribution in [3.05, 3.63) is 36.4 Å². The molecule has 112 valence electrons. The summed E-state index contributed by atoms with van der Waals surface area (Å²) < 4.78 is 3.04. The van der Waals surface area contributed by atoms with Crippen molar-refractivity contribution in [1.29, 1.82) is 0 Å². The van der Waals surface area contributed by atoms with Crippen LogP contribution in [0.25, 0.3) is 0 Å². The molecule has 2 rings (SSSR count). The highest BCUT2D eigenvalue weighted by Crippen LogP contribution is 2.05. The Balaban J connectivity index is 1.79. The molecule has 0 aromatic carbocycles. The van der Waals surface area contributed by atoms with Gasteiger partial charge >= 0.3 is 5.97 Å². The molecule has 0 aliphatic heterocycles. The van der Waals surface area contributed by atoms with E-state index in [0.717, 1.165) is 13.0 Å². The molecule has 0 fully saturated rings. The second-order valence-electron chi connectivity index (χ2n) is 4.57. The third kappa shape index (κ3) is 3.91. The summed E-state index contributed by atoms with van der Waals surface area (Å²) in [6, 6.07) is 2.54. The van der Waals surface area contributed by atoms with Crippen molar-refractivity contribution < 1.29 is 14.7 Å². The Labute approximate surface area is 121 Å². The first-order valence-electron chi connectivity index (χ1n) is 6.61. The van der Waals surface area contributed by atoms with E-state index in [-0.39, 0.29) is 11.6 Å². The number of carbonyl (C=O) groups excluding carboxylic acids is 1. The molecule has 2 aromatic heterocycles. The van der Waals surface area contributed by atoms with Crippen LogP contribution >= 0.6 is 0 Å². The van der Waals surface area contributed by atoms with E-state index < -0.39 is 12.0 Å². The Hall–Kier alpha value is -2.64.